The minimum absolute atomic E-state index is 0.0574. The number of nitrogens with zero attached hydrogens (tertiary/aromatic N) is 1. The Morgan fingerprint density at radius 3 is 2.70 bits per heavy atom. The molecule has 0 aromatic heterocycles. The minimum Gasteiger partial charge on any atom is -0.331 e. The molecule has 1 atom stereocenters. The highest BCUT2D eigenvalue weighted by Gasteiger charge is 2.34. The number of fused-ring (bicyclic) bond motifs is 1. The number of amides is 2. The van der Waals surface area contributed by atoms with Crippen molar-refractivity contribution in [1.29, 1.82) is 0 Å². The van der Waals surface area contributed by atoms with E-state index < -0.39 is 11.6 Å². The summed E-state index contributed by atoms with van der Waals surface area (Å²) in [5.74, 6) is -1.61. The van der Waals surface area contributed by atoms with Crippen molar-refractivity contribution in [1.82, 2.24) is 4.90 Å². The summed E-state index contributed by atoms with van der Waals surface area (Å²) in [6.07, 6.45) is 1.73. The summed E-state index contributed by atoms with van der Waals surface area (Å²) in [6, 6.07) is 8.69. The van der Waals surface area contributed by atoms with Crippen molar-refractivity contribution in [2.24, 2.45) is 0 Å². The first kappa shape index (κ1) is 18.0. The molecule has 7 heteroatoms. The number of rotatable bonds is 4. The van der Waals surface area contributed by atoms with E-state index in [-0.39, 0.29) is 35.2 Å². The summed E-state index contributed by atoms with van der Waals surface area (Å²) in [6.45, 7) is 1.92. The molecule has 2 aromatic carbocycles. The van der Waals surface area contributed by atoms with Gasteiger partial charge in [0.25, 0.3) is 5.91 Å². The second-order valence-corrected chi connectivity index (χ2v) is 8.24. The van der Waals surface area contributed by atoms with Gasteiger partial charge in [0.1, 0.15) is 11.6 Å². The lowest BCUT2D eigenvalue weighted by Gasteiger charge is -2.25. The third kappa shape index (κ3) is 3.69. The first-order chi connectivity index (χ1) is 12.9. The molecule has 0 radical (unpaired) electrons. The van der Waals surface area contributed by atoms with Crippen molar-refractivity contribution in [2.45, 2.75) is 42.5 Å². The zero-order chi connectivity index (χ0) is 19.1. The van der Waals surface area contributed by atoms with Crippen LogP contribution in [0.4, 0.5) is 14.5 Å². The maximum atomic E-state index is 14.0. The zero-order valence-electron chi connectivity index (χ0n) is 14.7. The maximum absolute atomic E-state index is 14.0. The Morgan fingerprint density at radius 2 is 2.00 bits per heavy atom. The van der Waals surface area contributed by atoms with Gasteiger partial charge in [0.2, 0.25) is 5.91 Å². The Hall–Kier alpha value is -2.41. The monoisotopic (exact) mass is 388 g/mol. The SMILES string of the molecule is CC1Sc2ccc(C(=O)N(Cc3ccc(F)cc3F)C3CC3)cc2NC1=O. The largest absolute Gasteiger partial charge is 0.331 e. The van der Waals surface area contributed by atoms with E-state index in [0.717, 1.165) is 23.8 Å². The van der Waals surface area contributed by atoms with Crippen LogP contribution in [0, 0.1) is 11.6 Å². The molecule has 4 nitrogen and oxygen atoms in total. The summed E-state index contributed by atoms with van der Waals surface area (Å²) in [5, 5.41) is 2.64. The van der Waals surface area contributed by atoms with Gasteiger partial charge in [0.05, 0.1) is 10.9 Å². The van der Waals surface area contributed by atoms with Gasteiger partial charge in [-0.15, -0.1) is 11.8 Å². The quantitative estimate of drug-likeness (QED) is 0.854. The van der Waals surface area contributed by atoms with Crippen LogP contribution >= 0.6 is 11.8 Å². The lowest BCUT2D eigenvalue weighted by atomic mass is 10.1. The van der Waals surface area contributed by atoms with Crippen LogP contribution in [0.1, 0.15) is 35.7 Å². The number of anilines is 1. The highest BCUT2D eigenvalue weighted by atomic mass is 32.2. The average molecular weight is 388 g/mol. The van der Waals surface area contributed by atoms with E-state index in [2.05, 4.69) is 5.32 Å². The van der Waals surface area contributed by atoms with Crippen LogP contribution in [0.15, 0.2) is 41.3 Å². The summed E-state index contributed by atoms with van der Waals surface area (Å²) >= 11 is 1.45. The molecule has 1 aliphatic carbocycles. The molecule has 2 aromatic rings. The highest BCUT2D eigenvalue weighted by molar-refractivity contribution is 8.00. The Morgan fingerprint density at radius 1 is 1.22 bits per heavy atom. The van der Waals surface area contributed by atoms with Gasteiger partial charge in [0, 0.05) is 34.7 Å². The topological polar surface area (TPSA) is 49.4 Å². The standard InChI is InChI=1S/C20H18F2N2O2S/c1-11-19(25)23-17-8-12(3-7-18(17)27-11)20(26)24(15-5-6-15)10-13-2-4-14(21)9-16(13)22/h2-4,7-9,11,15H,5-6,10H2,1H3,(H,23,25). The van der Waals surface area contributed by atoms with Crippen LogP contribution in [-0.2, 0) is 11.3 Å². The molecular weight excluding hydrogens is 370 g/mol. The number of hydrogen-bond acceptors (Lipinski definition) is 3. The lowest BCUT2D eigenvalue weighted by Crippen LogP contribution is -2.33. The molecule has 4 rings (SSSR count). The van der Waals surface area contributed by atoms with E-state index in [1.165, 1.54) is 23.9 Å². The number of benzene rings is 2. The molecule has 0 spiro atoms. The summed E-state index contributed by atoms with van der Waals surface area (Å²) in [7, 11) is 0. The number of carbonyl (C=O) groups excluding carboxylic acids is 2. The second kappa shape index (κ2) is 6.96. The molecule has 1 N–H and O–H groups in total. The fourth-order valence-corrected chi connectivity index (χ4v) is 4.02. The predicted octanol–water partition coefficient (Wildman–Crippen LogP) is 4.20. The number of halogens is 2. The normalized spacial score (nSPS) is 18.6. The smallest absolute Gasteiger partial charge is 0.254 e. The molecule has 0 bridgehead atoms. The van der Waals surface area contributed by atoms with Gasteiger partial charge >= 0.3 is 0 Å². The van der Waals surface area contributed by atoms with Crippen LogP contribution in [0.2, 0.25) is 0 Å². The van der Waals surface area contributed by atoms with Gasteiger partial charge in [-0.2, -0.15) is 0 Å². The fourth-order valence-electron chi connectivity index (χ4n) is 3.09. The van der Waals surface area contributed by atoms with Crippen molar-refractivity contribution < 1.29 is 18.4 Å². The second-order valence-electron chi connectivity index (χ2n) is 6.86. The predicted molar refractivity (Wildman–Crippen MR) is 99.6 cm³/mol. The maximum Gasteiger partial charge on any atom is 0.254 e. The van der Waals surface area contributed by atoms with Crippen molar-refractivity contribution >= 4 is 29.3 Å². The van der Waals surface area contributed by atoms with Crippen LogP contribution < -0.4 is 5.32 Å². The number of nitrogens with one attached hydrogen (secondary N) is 1. The van der Waals surface area contributed by atoms with E-state index in [1.54, 1.807) is 17.0 Å². The van der Waals surface area contributed by atoms with Crippen LogP contribution in [0.25, 0.3) is 0 Å². The highest BCUT2D eigenvalue weighted by Crippen LogP contribution is 2.37. The fraction of sp³-hybridized carbons (Fsp3) is 0.300. The summed E-state index contributed by atoms with van der Waals surface area (Å²) in [4.78, 5) is 27.5. The molecule has 1 fully saturated rings. The molecule has 1 aliphatic heterocycles. The molecule has 27 heavy (non-hydrogen) atoms. The molecule has 1 saturated carbocycles. The molecule has 1 heterocycles. The zero-order valence-corrected chi connectivity index (χ0v) is 15.5. The minimum atomic E-state index is -0.656. The Balaban J connectivity index is 1.60. The molecule has 2 amide bonds. The van der Waals surface area contributed by atoms with Gasteiger partial charge < -0.3 is 10.2 Å². The van der Waals surface area contributed by atoms with Crippen LogP contribution in [0.5, 0.6) is 0 Å². The van der Waals surface area contributed by atoms with E-state index in [4.69, 9.17) is 0 Å². The first-order valence-corrected chi connectivity index (χ1v) is 9.67. The summed E-state index contributed by atoms with van der Waals surface area (Å²) < 4.78 is 27.2. The lowest BCUT2D eigenvalue weighted by molar-refractivity contribution is -0.115. The van der Waals surface area contributed by atoms with Gasteiger partial charge in [0.15, 0.2) is 0 Å². The van der Waals surface area contributed by atoms with Crippen molar-refractivity contribution in [3.8, 4) is 0 Å². The van der Waals surface area contributed by atoms with E-state index in [9.17, 15) is 18.4 Å². The van der Waals surface area contributed by atoms with Crippen molar-refractivity contribution in [2.75, 3.05) is 5.32 Å². The van der Waals surface area contributed by atoms with Crippen LogP contribution in [-0.4, -0.2) is 28.0 Å². The molecule has 1 unspecified atom stereocenters. The van der Waals surface area contributed by atoms with E-state index in [0.29, 0.717) is 11.3 Å². The number of hydrogen-bond donors (Lipinski definition) is 1. The van der Waals surface area contributed by atoms with Gasteiger partial charge in [-0.3, -0.25) is 9.59 Å². The Kier molecular flexibility index (Phi) is 4.63. The molecular formula is C20H18F2N2O2S. The summed E-state index contributed by atoms with van der Waals surface area (Å²) in [5.41, 5.74) is 1.35. The van der Waals surface area contributed by atoms with Gasteiger partial charge in [-0.1, -0.05) is 6.07 Å². The average Bonchev–Trinajstić information content (AvgIpc) is 3.46. The van der Waals surface area contributed by atoms with Crippen LogP contribution in [0.3, 0.4) is 0 Å². The van der Waals surface area contributed by atoms with Gasteiger partial charge in [-0.25, -0.2) is 8.78 Å². The number of thioether (sulfide) groups is 1. The van der Waals surface area contributed by atoms with E-state index >= 15 is 0 Å². The third-order valence-corrected chi connectivity index (χ3v) is 5.94. The van der Waals surface area contributed by atoms with E-state index in [1.807, 2.05) is 13.0 Å². The third-order valence-electron chi connectivity index (χ3n) is 4.76. The molecule has 2 aliphatic rings. The van der Waals surface area contributed by atoms with Crippen molar-refractivity contribution in [3.05, 3.63) is 59.2 Å². The first-order valence-electron chi connectivity index (χ1n) is 8.79. The molecule has 140 valence electrons. The Labute approximate surface area is 159 Å². The van der Waals surface area contributed by atoms with Crippen molar-refractivity contribution in [3.63, 3.8) is 0 Å². The Bertz CT molecular complexity index is 930. The number of carbonyl (C=O) groups is 2. The molecule has 0 saturated heterocycles. The van der Waals surface area contributed by atoms with Gasteiger partial charge in [-0.05, 0) is 44.0 Å².